The minimum Gasteiger partial charge on any atom is -0.309 e. The average molecular weight is 200 g/mol. The zero-order chi connectivity index (χ0) is 9.68. The lowest BCUT2D eigenvalue weighted by molar-refractivity contribution is -0.116. The van der Waals surface area contributed by atoms with Gasteiger partial charge in [0.05, 0.1) is 0 Å². The van der Waals surface area contributed by atoms with Crippen LogP contribution in [0.3, 0.4) is 0 Å². The van der Waals surface area contributed by atoms with Crippen LogP contribution in [0.4, 0.5) is 5.13 Å². The summed E-state index contributed by atoms with van der Waals surface area (Å²) in [5.41, 5.74) is 1.58. The maximum Gasteiger partial charge on any atom is 0.227 e. The van der Waals surface area contributed by atoms with Crippen molar-refractivity contribution in [3.63, 3.8) is 0 Å². The van der Waals surface area contributed by atoms with Gasteiger partial charge in [0, 0.05) is 13.0 Å². The van der Waals surface area contributed by atoms with E-state index >= 15 is 0 Å². The molecule has 0 fully saturated rings. The summed E-state index contributed by atoms with van der Waals surface area (Å²) in [7, 11) is 3.86. The minimum atomic E-state index is -0.0227. The average Bonchev–Trinajstić information content (AvgIpc) is 2.53. The van der Waals surface area contributed by atoms with Crippen LogP contribution in [0.1, 0.15) is 6.42 Å². The summed E-state index contributed by atoms with van der Waals surface area (Å²) in [4.78, 5) is 13.2. The van der Waals surface area contributed by atoms with Crippen LogP contribution in [0.5, 0.6) is 0 Å². The Morgan fingerprint density at radius 2 is 2.46 bits per heavy atom. The van der Waals surface area contributed by atoms with Gasteiger partial charge in [-0.2, -0.15) is 0 Å². The van der Waals surface area contributed by atoms with Gasteiger partial charge in [-0.25, -0.2) is 0 Å². The fraction of sp³-hybridized carbons (Fsp3) is 0.571. The normalized spacial score (nSPS) is 10.4. The van der Waals surface area contributed by atoms with E-state index in [9.17, 15) is 4.79 Å². The number of hydrogen-bond donors (Lipinski definition) is 1. The van der Waals surface area contributed by atoms with E-state index in [2.05, 4.69) is 15.5 Å². The van der Waals surface area contributed by atoms with E-state index < -0.39 is 0 Å². The molecule has 0 aliphatic heterocycles. The monoisotopic (exact) mass is 200 g/mol. The summed E-state index contributed by atoms with van der Waals surface area (Å²) in [5, 5.41) is 10.5. The van der Waals surface area contributed by atoms with Crippen molar-refractivity contribution in [3.05, 3.63) is 5.51 Å². The molecule has 6 heteroatoms. The van der Waals surface area contributed by atoms with Crippen molar-refractivity contribution in [2.75, 3.05) is 26.0 Å². The summed E-state index contributed by atoms with van der Waals surface area (Å²) in [6.07, 6.45) is 0.479. The van der Waals surface area contributed by atoms with Crippen LogP contribution in [-0.2, 0) is 4.79 Å². The van der Waals surface area contributed by atoms with Gasteiger partial charge in [0.15, 0.2) is 0 Å². The Morgan fingerprint density at radius 1 is 1.69 bits per heavy atom. The molecule has 0 radical (unpaired) electrons. The predicted molar refractivity (Wildman–Crippen MR) is 51.7 cm³/mol. The number of amides is 1. The summed E-state index contributed by atoms with van der Waals surface area (Å²) < 4.78 is 0. The van der Waals surface area contributed by atoms with Crippen molar-refractivity contribution < 1.29 is 4.79 Å². The van der Waals surface area contributed by atoms with Gasteiger partial charge >= 0.3 is 0 Å². The lowest BCUT2D eigenvalue weighted by Gasteiger charge is -2.07. The summed E-state index contributed by atoms with van der Waals surface area (Å²) in [5.74, 6) is -0.0227. The highest BCUT2D eigenvalue weighted by atomic mass is 32.1. The maximum absolute atomic E-state index is 11.2. The first-order chi connectivity index (χ1) is 6.18. The molecule has 72 valence electrons. The molecule has 1 aromatic rings. The number of aromatic nitrogens is 2. The van der Waals surface area contributed by atoms with Crippen molar-refractivity contribution in [3.8, 4) is 0 Å². The highest BCUT2D eigenvalue weighted by molar-refractivity contribution is 7.13. The van der Waals surface area contributed by atoms with E-state index in [-0.39, 0.29) is 5.91 Å². The van der Waals surface area contributed by atoms with Crippen LogP contribution in [-0.4, -0.2) is 41.6 Å². The third-order valence-corrected chi connectivity index (χ3v) is 2.00. The number of carbonyl (C=O) groups is 1. The Hall–Kier alpha value is -1.01. The molecule has 0 spiro atoms. The number of nitrogens with one attached hydrogen (secondary N) is 1. The smallest absolute Gasteiger partial charge is 0.227 e. The second-order valence-corrected chi connectivity index (χ2v) is 3.68. The van der Waals surface area contributed by atoms with E-state index in [0.29, 0.717) is 11.6 Å². The van der Waals surface area contributed by atoms with Gasteiger partial charge in [-0.1, -0.05) is 11.3 Å². The van der Waals surface area contributed by atoms with E-state index in [1.165, 1.54) is 11.3 Å². The minimum absolute atomic E-state index is 0.0227. The third kappa shape index (κ3) is 3.95. The molecule has 0 aliphatic rings. The summed E-state index contributed by atoms with van der Waals surface area (Å²) >= 11 is 1.32. The third-order valence-electron chi connectivity index (χ3n) is 1.39. The molecule has 0 saturated heterocycles. The molecule has 0 bridgehead atoms. The van der Waals surface area contributed by atoms with Crippen LogP contribution >= 0.6 is 11.3 Å². The van der Waals surface area contributed by atoms with Crippen LogP contribution in [0.25, 0.3) is 0 Å². The first-order valence-corrected chi connectivity index (χ1v) is 4.77. The molecule has 1 rings (SSSR count). The van der Waals surface area contributed by atoms with Gasteiger partial charge in [-0.3, -0.25) is 4.79 Å². The first-order valence-electron chi connectivity index (χ1n) is 3.89. The Labute approximate surface area is 80.8 Å². The lowest BCUT2D eigenvalue weighted by atomic mass is 10.4. The second-order valence-electron chi connectivity index (χ2n) is 2.85. The highest BCUT2D eigenvalue weighted by Crippen LogP contribution is 2.07. The molecular weight excluding hydrogens is 188 g/mol. The van der Waals surface area contributed by atoms with Gasteiger partial charge in [0.1, 0.15) is 5.51 Å². The Balaban J connectivity index is 2.26. The molecule has 0 unspecified atom stereocenters. The zero-order valence-corrected chi connectivity index (χ0v) is 8.47. The number of nitrogens with zero attached hydrogens (tertiary/aromatic N) is 3. The van der Waals surface area contributed by atoms with Crippen molar-refractivity contribution in [1.29, 1.82) is 0 Å². The molecular formula is C7H12N4OS. The van der Waals surface area contributed by atoms with Crippen LogP contribution in [0.2, 0.25) is 0 Å². The second kappa shape index (κ2) is 4.88. The van der Waals surface area contributed by atoms with E-state index in [4.69, 9.17) is 0 Å². The molecule has 1 heterocycles. The van der Waals surface area contributed by atoms with Crippen molar-refractivity contribution in [2.24, 2.45) is 0 Å². The topological polar surface area (TPSA) is 58.1 Å². The standard InChI is InChI=1S/C7H12N4OS/c1-11(2)4-3-6(12)9-7-10-8-5-13-7/h5H,3-4H2,1-2H3,(H,9,10,12). The van der Waals surface area contributed by atoms with Gasteiger partial charge in [-0.05, 0) is 14.1 Å². The van der Waals surface area contributed by atoms with Crippen molar-refractivity contribution in [2.45, 2.75) is 6.42 Å². The van der Waals surface area contributed by atoms with Crippen molar-refractivity contribution >= 4 is 22.4 Å². The largest absolute Gasteiger partial charge is 0.309 e. The maximum atomic E-state index is 11.2. The van der Waals surface area contributed by atoms with Crippen molar-refractivity contribution in [1.82, 2.24) is 15.1 Å². The quantitative estimate of drug-likeness (QED) is 0.765. The van der Waals surface area contributed by atoms with E-state index in [1.807, 2.05) is 19.0 Å². The van der Waals surface area contributed by atoms with Crippen LogP contribution in [0, 0.1) is 0 Å². The molecule has 0 atom stereocenters. The summed E-state index contributed by atoms with van der Waals surface area (Å²) in [6, 6.07) is 0. The molecule has 1 N–H and O–H groups in total. The number of anilines is 1. The zero-order valence-electron chi connectivity index (χ0n) is 7.65. The molecule has 13 heavy (non-hydrogen) atoms. The molecule has 1 amide bonds. The van der Waals surface area contributed by atoms with Crippen LogP contribution < -0.4 is 5.32 Å². The fourth-order valence-corrected chi connectivity index (χ4v) is 1.20. The summed E-state index contributed by atoms with van der Waals surface area (Å²) in [6.45, 7) is 0.741. The molecule has 1 aromatic heterocycles. The molecule has 0 aromatic carbocycles. The SMILES string of the molecule is CN(C)CCC(=O)Nc1nncs1. The van der Waals surface area contributed by atoms with Crippen LogP contribution in [0.15, 0.2) is 5.51 Å². The number of rotatable bonds is 4. The highest BCUT2D eigenvalue weighted by Gasteiger charge is 2.04. The van der Waals surface area contributed by atoms with E-state index in [0.717, 1.165) is 6.54 Å². The first kappa shape index (κ1) is 10.1. The molecule has 5 nitrogen and oxygen atoms in total. The fourth-order valence-electron chi connectivity index (χ4n) is 0.734. The van der Waals surface area contributed by atoms with E-state index in [1.54, 1.807) is 5.51 Å². The Morgan fingerprint density at radius 3 is 3.00 bits per heavy atom. The van der Waals surface area contributed by atoms with Gasteiger partial charge < -0.3 is 10.2 Å². The van der Waals surface area contributed by atoms with Gasteiger partial charge in [-0.15, -0.1) is 10.2 Å². The predicted octanol–water partition coefficient (Wildman–Crippen LogP) is 0.428. The van der Waals surface area contributed by atoms with Gasteiger partial charge in [0.25, 0.3) is 0 Å². The lowest BCUT2D eigenvalue weighted by Crippen LogP contribution is -2.20. The Bertz CT molecular complexity index is 259. The van der Waals surface area contributed by atoms with Gasteiger partial charge in [0.2, 0.25) is 11.0 Å². The number of hydrogen-bond acceptors (Lipinski definition) is 5. The molecule has 0 saturated carbocycles. The Kier molecular flexibility index (Phi) is 3.78. The number of carbonyl (C=O) groups excluding carboxylic acids is 1. The molecule has 0 aliphatic carbocycles.